The number of ketones is 1. The van der Waals surface area contributed by atoms with Gasteiger partial charge in [0.2, 0.25) is 0 Å². The van der Waals surface area contributed by atoms with Gasteiger partial charge in [-0.2, -0.15) is 0 Å². The molecule has 1 saturated heterocycles. The summed E-state index contributed by atoms with van der Waals surface area (Å²) in [5.41, 5.74) is 1.41. The van der Waals surface area contributed by atoms with Crippen LogP contribution in [-0.2, 0) is 4.79 Å². The molecule has 0 aromatic heterocycles. The highest BCUT2D eigenvalue weighted by atomic mass is 35.5. The van der Waals surface area contributed by atoms with Crippen molar-refractivity contribution in [3.8, 4) is 0 Å². The topological polar surface area (TPSA) is 60.9 Å². The molecule has 1 fully saturated rings. The van der Waals surface area contributed by atoms with Gasteiger partial charge in [0.25, 0.3) is 11.7 Å². The molecule has 2 aromatic carbocycles. The van der Waals surface area contributed by atoms with Crippen LogP contribution in [0.5, 0.6) is 0 Å². The molecule has 0 bridgehead atoms. The molecule has 144 valence electrons. The molecule has 0 radical (unpaired) electrons. The highest BCUT2D eigenvalue weighted by molar-refractivity contribution is 6.55. The molecule has 6 nitrogen and oxygen atoms in total. The zero-order chi connectivity index (χ0) is 19.8. The maximum Gasteiger partial charge on any atom is 0.300 e. The van der Waals surface area contributed by atoms with Gasteiger partial charge in [0.15, 0.2) is 0 Å². The van der Waals surface area contributed by atoms with Gasteiger partial charge in [-0.1, -0.05) is 29.3 Å². The summed E-state index contributed by atoms with van der Waals surface area (Å²) in [4.78, 5) is 42.5. The average Bonchev–Trinajstić information content (AvgIpc) is 2.94. The Hall–Kier alpha value is -2.41. The molecule has 0 saturated carbocycles. The lowest BCUT2D eigenvalue weighted by atomic mass is 10.1. The van der Waals surface area contributed by atoms with Crippen molar-refractivity contribution in [1.29, 1.82) is 0 Å². The number of piperazine rings is 1. The lowest BCUT2D eigenvalue weighted by Crippen LogP contribution is -2.52. The predicted octanol–water partition coefficient (Wildman–Crippen LogP) is 2.94. The van der Waals surface area contributed by atoms with E-state index < -0.39 is 11.7 Å². The van der Waals surface area contributed by atoms with Gasteiger partial charge in [-0.05, 0) is 36.4 Å². The second kappa shape index (κ2) is 7.54. The number of hydrogen-bond acceptors (Lipinski definition) is 4. The van der Waals surface area contributed by atoms with Crippen LogP contribution in [0.15, 0.2) is 42.5 Å². The lowest BCUT2D eigenvalue weighted by Gasteiger charge is -2.36. The van der Waals surface area contributed by atoms with Crippen LogP contribution in [0.2, 0.25) is 10.0 Å². The Morgan fingerprint density at radius 2 is 1.61 bits per heavy atom. The largest absolute Gasteiger partial charge is 0.336 e. The molecule has 2 amide bonds. The summed E-state index contributed by atoms with van der Waals surface area (Å²) in [7, 11) is 0. The van der Waals surface area contributed by atoms with Crippen LogP contribution in [-0.4, -0.2) is 60.2 Å². The van der Waals surface area contributed by atoms with Gasteiger partial charge in [-0.25, -0.2) is 0 Å². The van der Waals surface area contributed by atoms with Crippen molar-refractivity contribution >= 4 is 46.5 Å². The highest BCUT2D eigenvalue weighted by Crippen LogP contribution is 2.34. The van der Waals surface area contributed by atoms with Gasteiger partial charge >= 0.3 is 5.91 Å². The van der Waals surface area contributed by atoms with E-state index in [1.165, 1.54) is 4.90 Å². The fourth-order valence-electron chi connectivity index (χ4n) is 3.51. The number of benzene rings is 2. The van der Waals surface area contributed by atoms with Gasteiger partial charge in [0.05, 0.1) is 22.9 Å². The normalized spacial score (nSPS) is 17.2. The molecule has 0 N–H and O–H groups in total. The van der Waals surface area contributed by atoms with Gasteiger partial charge in [0.1, 0.15) is 0 Å². The summed E-state index contributed by atoms with van der Waals surface area (Å²) < 4.78 is 0. The number of rotatable bonds is 3. The molecular formula is C20H17Cl2N3O3. The second-order valence-corrected chi connectivity index (χ2v) is 7.60. The summed E-state index contributed by atoms with van der Waals surface area (Å²) in [5.74, 6) is -1.18. The summed E-state index contributed by atoms with van der Waals surface area (Å²) in [6.07, 6.45) is 0. The van der Waals surface area contributed by atoms with Crippen LogP contribution in [0.4, 0.5) is 5.69 Å². The van der Waals surface area contributed by atoms with Gasteiger partial charge in [0, 0.05) is 36.8 Å². The maximum atomic E-state index is 12.6. The Bertz CT molecular complexity index is 954. The molecule has 2 heterocycles. The van der Waals surface area contributed by atoms with Gasteiger partial charge in [-0.15, -0.1) is 0 Å². The first-order chi connectivity index (χ1) is 13.5. The van der Waals surface area contributed by atoms with Crippen LogP contribution < -0.4 is 4.90 Å². The number of nitrogens with zero attached hydrogens (tertiary/aromatic N) is 3. The Kier molecular flexibility index (Phi) is 5.10. The zero-order valence-electron chi connectivity index (χ0n) is 14.9. The predicted molar refractivity (Wildman–Crippen MR) is 107 cm³/mol. The SMILES string of the molecule is O=C1C(=O)N(CN2CCN(C(=O)c3ccc(Cl)cc3)CC2)c2cccc(Cl)c21. The van der Waals surface area contributed by atoms with Crippen LogP contribution in [0, 0.1) is 0 Å². The molecule has 2 aromatic rings. The van der Waals surface area contributed by atoms with Crippen molar-refractivity contribution in [2.24, 2.45) is 0 Å². The quantitative estimate of drug-likeness (QED) is 0.720. The number of amides is 2. The van der Waals surface area contributed by atoms with Gasteiger partial charge in [-0.3, -0.25) is 24.2 Å². The third-order valence-corrected chi connectivity index (χ3v) is 5.61. The highest BCUT2D eigenvalue weighted by Gasteiger charge is 2.38. The van der Waals surface area contributed by atoms with Crippen molar-refractivity contribution < 1.29 is 14.4 Å². The molecule has 8 heteroatoms. The molecular weight excluding hydrogens is 401 g/mol. The first kappa shape index (κ1) is 18.9. The molecule has 28 heavy (non-hydrogen) atoms. The maximum absolute atomic E-state index is 12.6. The number of Topliss-reactive ketones (excluding diaryl/α,β-unsaturated/α-hetero) is 1. The van der Waals surface area contributed by atoms with E-state index in [9.17, 15) is 14.4 Å². The number of carbonyl (C=O) groups is 3. The van der Waals surface area contributed by atoms with Crippen molar-refractivity contribution in [2.75, 3.05) is 37.7 Å². The fourth-order valence-corrected chi connectivity index (χ4v) is 3.89. The summed E-state index contributed by atoms with van der Waals surface area (Å²) in [5, 5.41) is 0.878. The summed E-state index contributed by atoms with van der Waals surface area (Å²) in [6, 6.07) is 11.9. The second-order valence-electron chi connectivity index (χ2n) is 6.75. The molecule has 2 aliphatic heterocycles. The third-order valence-electron chi connectivity index (χ3n) is 5.04. The molecule has 4 rings (SSSR count). The first-order valence-corrected chi connectivity index (χ1v) is 9.63. The number of carbonyl (C=O) groups excluding carboxylic acids is 3. The monoisotopic (exact) mass is 417 g/mol. The lowest BCUT2D eigenvalue weighted by molar-refractivity contribution is -0.114. The minimum absolute atomic E-state index is 0.0409. The number of fused-ring (bicyclic) bond motifs is 1. The molecule has 0 aliphatic carbocycles. The molecule has 0 unspecified atom stereocenters. The summed E-state index contributed by atoms with van der Waals surface area (Å²) >= 11 is 12.0. The van der Waals surface area contributed by atoms with Gasteiger partial charge < -0.3 is 4.90 Å². The first-order valence-electron chi connectivity index (χ1n) is 8.87. The van der Waals surface area contributed by atoms with Crippen LogP contribution >= 0.6 is 23.2 Å². The average molecular weight is 418 g/mol. The van der Waals surface area contributed by atoms with Crippen molar-refractivity contribution in [1.82, 2.24) is 9.80 Å². The van der Waals surface area contributed by atoms with Crippen molar-refractivity contribution in [3.63, 3.8) is 0 Å². The van der Waals surface area contributed by atoms with Crippen molar-refractivity contribution in [3.05, 3.63) is 63.6 Å². The summed E-state index contributed by atoms with van der Waals surface area (Å²) in [6.45, 7) is 2.58. The third kappa shape index (κ3) is 3.39. The Balaban J connectivity index is 1.41. The van der Waals surface area contributed by atoms with E-state index in [0.717, 1.165) is 0 Å². The fraction of sp³-hybridized carbons (Fsp3) is 0.250. The minimum Gasteiger partial charge on any atom is -0.336 e. The number of hydrogen-bond donors (Lipinski definition) is 0. The van der Waals surface area contributed by atoms with E-state index in [-0.39, 0.29) is 16.5 Å². The Morgan fingerprint density at radius 3 is 2.29 bits per heavy atom. The van der Waals surface area contributed by atoms with E-state index in [4.69, 9.17) is 23.2 Å². The van der Waals surface area contributed by atoms with Crippen molar-refractivity contribution in [2.45, 2.75) is 0 Å². The molecule has 0 atom stereocenters. The van der Waals surface area contributed by atoms with E-state index >= 15 is 0 Å². The molecule has 0 spiro atoms. The standard InChI is InChI=1S/C20H17Cl2N3O3/c21-14-6-4-13(5-7-14)19(27)24-10-8-23(9-11-24)12-25-16-3-1-2-15(22)17(16)18(26)20(25)28/h1-7H,8-12H2. The van der Waals surface area contributed by atoms with Crippen LogP contribution in [0.1, 0.15) is 20.7 Å². The number of anilines is 1. The van der Waals surface area contributed by atoms with E-state index in [2.05, 4.69) is 0 Å². The zero-order valence-corrected chi connectivity index (χ0v) is 16.4. The van der Waals surface area contributed by atoms with E-state index in [1.54, 1.807) is 47.4 Å². The smallest absolute Gasteiger partial charge is 0.300 e. The van der Waals surface area contributed by atoms with E-state index in [0.29, 0.717) is 49.1 Å². The van der Waals surface area contributed by atoms with Crippen LogP contribution in [0.3, 0.4) is 0 Å². The van der Waals surface area contributed by atoms with E-state index in [1.807, 2.05) is 4.90 Å². The van der Waals surface area contributed by atoms with Crippen LogP contribution in [0.25, 0.3) is 0 Å². The Morgan fingerprint density at radius 1 is 0.929 bits per heavy atom. The number of halogens is 2. The Labute approximate surface area is 172 Å². The minimum atomic E-state index is -0.572. The molecule has 2 aliphatic rings.